The number of carbonyl (C=O) groups excluding carboxylic acids is 1. The zero-order valence-corrected chi connectivity index (χ0v) is 16.2. The fraction of sp³-hybridized carbons (Fsp3) is 0.381. The van der Waals surface area contributed by atoms with Gasteiger partial charge in [-0.05, 0) is 43.2 Å². The molecule has 1 amide bonds. The second kappa shape index (κ2) is 8.13. The Morgan fingerprint density at radius 3 is 2.93 bits per heavy atom. The summed E-state index contributed by atoms with van der Waals surface area (Å²) in [6, 6.07) is 13.6. The van der Waals surface area contributed by atoms with Gasteiger partial charge in [0.25, 0.3) is 5.91 Å². The van der Waals surface area contributed by atoms with Crippen molar-refractivity contribution in [3.05, 3.63) is 53.6 Å². The van der Waals surface area contributed by atoms with Crippen LogP contribution in [0.2, 0.25) is 0 Å². The van der Waals surface area contributed by atoms with Gasteiger partial charge in [-0.25, -0.2) is 0 Å². The van der Waals surface area contributed by atoms with Gasteiger partial charge in [0, 0.05) is 24.1 Å². The minimum Gasteiger partial charge on any atom is -0.493 e. The monoisotopic (exact) mass is 385 g/mol. The summed E-state index contributed by atoms with van der Waals surface area (Å²) in [6.45, 7) is 4.24. The lowest BCUT2D eigenvalue weighted by Crippen LogP contribution is -2.33. The highest BCUT2D eigenvalue weighted by Gasteiger charge is 2.25. The van der Waals surface area contributed by atoms with Crippen LogP contribution in [0.4, 0.5) is 0 Å². The molecule has 27 heavy (non-hydrogen) atoms. The molecule has 142 valence electrons. The van der Waals surface area contributed by atoms with Crippen LogP contribution < -0.4 is 14.2 Å². The van der Waals surface area contributed by atoms with E-state index in [-0.39, 0.29) is 12.7 Å². The highest BCUT2D eigenvalue weighted by molar-refractivity contribution is 7.99. The first-order valence-corrected chi connectivity index (χ1v) is 10.3. The van der Waals surface area contributed by atoms with E-state index in [2.05, 4.69) is 12.1 Å². The van der Waals surface area contributed by atoms with Gasteiger partial charge in [0.2, 0.25) is 6.79 Å². The van der Waals surface area contributed by atoms with E-state index >= 15 is 0 Å². The maximum atomic E-state index is 13.0. The fourth-order valence-electron chi connectivity index (χ4n) is 3.45. The molecule has 5 nitrogen and oxygen atoms in total. The molecule has 1 saturated heterocycles. The van der Waals surface area contributed by atoms with Crippen LogP contribution in [0.3, 0.4) is 0 Å². The number of nitrogens with zero attached hydrogens (tertiary/aromatic N) is 1. The number of carbonyl (C=O) groups is 1. The Bertz CT molecular complexity index is 826. The van der Waals surface area contributed by atoms with Gasteiger partial charge in [0.05, 0.1) is 12.2 Å². The van der Waals surface area contributed by atoms with Gasteiger partial charge in [0.1, 0.15) is 5.75 Å². The summed E-state index contributed by atoms with van der Waals surface area (Å²) in [4.78, 5) is 15.0. The molecule has 0 N–H and O–H groups in total. The summed E-state index contributed by atoms with van der Waals surface area (Å²) < 4.78 is 16.5. The average Bonchev–Trinajstić information content (AvgIpc) is 3.03. The van der Waals surface area contributed by atoms with Crippen molar-refractivity contribution in [2.24, 2.45) is 0 Å². The molecule has 0 bridgehead atoms. The number of benzene rings is 2. The van der Waals surface area contributed by atoms with E-state index in [0.717, 1.165) is 36.8 Å². The lowest BCUT2D eigenvalue weighted by Gasteiger charge is -2.21. The third kappa shape index (κ3) is 3.86. The molecule has 2 aromatic rings. The van der Waals surface area contributed by atoms with Crippen LogP contribution in [-0.2, 0) is 0 Å². The molecular weight excluding hydrogens is 362 g/mol. The topological polar surface area (TPSA) is 48.0 Å². The van der Waals surface area contributed by atoms with Crippen LogP contribution >= 0.6 is 11.8 Å². The summed E-state index contributed by atoms with van der Waals surface area (Å²) in [5, 5.41) is 0.347. The van der Waals surface area contributed by atoms with E-state index in [1.165, 1.54) is 5.56 Å². The molecule has 0 saturated carbocycles. The Morgan fingerprint density at radius 2 is 2.04 bits per heavy atom. The summed E-state index contributed by atoms with van der Waals surface area (Å²) in [6.07, 6.45) is 0.910. The van der Waals surface area contributed by atoms with Crippen molar-refractivity contribution in [2.75, 3.05) is 32.2 Å². The molecule has 0 radical (unpaired) electrons. The number of fused-ring (bicyclic) bond motifs is 1. The van der Waals surface area contributed by atoms with E-state index in [1.807, 2.05) is 53.9 Å². The zero-order valence-electron chi connectivity index (χ0n) is 15.3. The fourth-order valence-corrected chi connectivity index (χ4v) is 4.67. The first-order chi connectivity index (χ1) is 13.3. The Hall–Kier alpha value is -2.34. The van der Waals surface area contributed by atoms with Crippen molar-refractivity contribution in [2.45, 2.75) is 18.6 Å². The molecule has 6 heteroatoms. The summed E-state index contributed by atoms with van der Waals surface area (Å²) >= 11 is 1.89. The lowest BCUT2D eigenvalue weighted by molar-refractivity contribution is 0.0762. The quantitative estimate of drug-likeness (QED) is 0.792. The smallest absolute Gasteiger partial charge is 0.257 e. The number of rotatable bonds is 4. The van der Waals surface area contributed by atoms with E-state index < -0.39 is 0 Å². The molecule has 2 aliphatic rings. The van der Waals surface area contributed by atoms with Crippen LogP contribution in [0.1, 0.15) is 34.5 Å². The third-order valence-electron chi connectivity index (χ3n) is 4.81. The van der Waals surface area contributed by atoms with Crippen LogP contribution in [0.25, 0.3) is 0 Å². The van der Waals surface area contributed by atoms with Crippen molar-refractivity contribution < 1.29 is 19.0 Å². The summed E-state index contributed by atoms with van der Waals surface area (Å²) in [5.41, 5.74) is 1.87. The Morgan fingerprint density at radius 1 is 1.19 bits per heavy atom. The number of hydrogen-bond donors (Lipinski definition) is 0. The van der Waals surface area contributed by atoms with Crippen molar-refractivity contribution in [3.8, 4) is 17.2 Å². The third-order valence-corrected chi connectivity index (χ3v) is 6.14. The summed E-state index contributed by atoms with van der Waals surface area (Å²) in [7, 11) is 0. The number of thioether (sulfide) groups is 1. The molecule has 2 aliphatic heterocycles. The van der Waals surface area contributed by atoms with Crippen molar-refractivity contribution in [1.29, 1.82) is 0 Å². The van der Waals surface area contributed by atoms with Crippen molar-refractivity contribution >= 4 is 17.7 Å². The van der Waals surface area contributed by atoms with Gasteiger partial charge in [-0.2, -0.15) is 11.8 Å². The predicted octanol–water partition coefficient (Wildman–Crippen LogP) is 4.13. The van der Waals surface area contributed by atoms with Gasteiger partial charge in [-0.15, -0.1) is 0 Å². The molecule has 1 fully saturated rings. The standard InChI is InChI=1S/C21H23NO4S/c1-2-24-17-6-4-3-5-16(17)21(23)22-10-9-20(27-12-11-22)15-7-8-18-19(13-15)26-14-25-18/h3-8,13,20H,2,9-12,14H2,1H3. The maximum Gasteiger partial charge on any atom is 0.257 e. The van der Waals surface area contributed by atoms with Gasteiger partial charge >= 0.3 is 0 Å². The maximum absolute atomic E-state index is 13.0. The molecular formula is C21H23NO4S. The van der Waals surface area contributed by atoms with Crippen LogP contribution in [0.5, 0.6) is 17.2 Å². The molecule has 2 heterocycles. The second-order valence-corrected chi connectivity index (χ2v) is 7.79. The van der Waals surface area contributed by atoms with E-state index in [1.54, 1.807) is 0 Å². The number of ether oxygens (including phenoxy) is 3. The molecule has 0 aromatic heterocycles. The first kappa shape index (κ1) is 18.0. The molecule has 2 aromatic carbocycles. The largest absolute Gasteiger partial charge is 0.493 e. The molecule has 0 spiro atoms. The molecule has 1 atom stereocenters. The zero-order chi connectivity index (χ0) is 18.6. The second-order valence-electron chi connectivity index (χ2n) is 6.48. The van der Waals surface area contributed by atoms with Crippen molar-refractivity contribution in [3.63, 3.8) is 0 Å². The Labute approximate surface area is 163 Å². The first-order valence-electron chi connectivity index (χ1n) is 9.28. The van der Waals surface area contributed by atoms with Gasteiger partial charge in [0.15, 0.2) is 11.5 Å². The van der Waals surface area contributed by atoms with Gasteiger partial charge in [-0.1, -0.05) is 18.2 Å². The number of amides is 1. The van der Waals surface area contributed by atoms with Gasteiger partial charge < -0.3 is 19.1 Å². The molecule has 1 unspecified atom stereocenters. The molecule has 0 aliphatic carbocycles. The Balaban J connectivity index is 1.46. The van der Waals surface area contributed by atoms with Crippen LogP contribution in [-0.4, -0.2) is 43.0 Å². The van der Waals surface area contributed by atoms with Crippen LogP contribution in [0, 0.1) is 0 Å². The van der Waals surface area contributed by atoms with E-state index in [9.17, 15) is 4.79 Å². The van der Waals surface area contributed by atoms with Crippen LogP contribution in [0.15, 0.2) is 42.5 Å². The lowest BCUT2D eigenvalue weighted by atomic mass is 10.1. The highest BCUT2D eigenvalue weighted by atomic mass is 32.2. The average molecular weight is 385 g/mol. The minimum atomic E-state index is 0.0472. The van der Waals surface area contributed by atoms with E-state index in [0.29, 0.717) is 23.2 Å². The normalized spacial score (nSPS) is 18.9. The van der Waals surface area contributed by atoms with Gasteiger partial charge in [-0.3, -0.25) is 4.79 Å². The van der Waals surface area contributed by atoms with E-state index in [4.69, 9.17) is 14.2 Å². The SMILES string of the molecule is CCOc1ccccc1C(=O)N1CCSC(c2ccc3c(c2)OCO3)CC1. The Kier molecular flexibility index (Phi) is 5.43. The van der Waals surface area contributed by atoms with Crippen molar-refractivity contribution in [1.82, 2.24) is 4.90 Å². The predicted molar refractivity (Wildman–Crippen MR) is 106 cm³/mol. The molecule has 4 rings (SSSR count). The highest BCUT2D eigenvalue weighted by Crippen LogP contribution is 2.40. The summed E-state index contributed by atoms with van der Waals surface area (Å²) in [5.74, 6) is 3.24. The number of hydrogen-bond acceptors (Lipinski definition) is 5. The number of para-hydroxylation sites is 1. The minimum absolute atomic E-state index is 0.0472.